The molecule has 156 valence electrons. The second-order valence-electron chi connectivity index (χ2n) is 8.02. The van der Waals surface area contributed by atoms with Crippen LogP contribution in [0.1, 0.15) is 30.1 Å². The zero-order valence-corrected chi connectivity index (χ0v) is 18.6. The van der Waals surface area contributed by atoms with Crippen molar-refractivity contribution in [3.05, 3.63) is 58.9 Å². The third kappa shape index (κ3) is 2.62. The molecule has 2 unspecified atom stereocenters. The fraction of sp³-hybridized carbons (Fsp3) is 0.273. The molecule has 2 aromatic heterocycles. The van der Waals surface area contributed by atoms with Gasteiger partial charge in [0, 0.05) is 52.1 Å². The van der Waals surface area contributed by atoms with E-state index in [1.165, 1.54) is 17.4 Å². The number of aromatic nitrogens is 1. The number of sulfone groups is 1. The minimum Gasteiger partial charge on any atom is -0.345 e. The Bertz CT molecular complexity index is 1420. The lowest BCUT2D eigenvalue weighted by Gasteiger charge is -2.23. The lowest BCUT2D eigenvalue weighted by molar-refractivity contribution is 0.503. The second kappa shape index (κ2) is 6.79. The molecule has 4 heterocycles. The SMILES string of the molecule is Cl.Cn1c2c(c3cc(S(=O)(=O)c4csc5ccccc45)cc(F)c31)C1CCC(C2)N1. The van der Waals surface area contributed by atoms with E-state index in [1.807, 2.05) is 29.8 Å². The van der Waals surface area contributed by atoms with Crippen molar-refractivity contribution in [2.45, 2.75) is 41.1 Å². The van der Waals surface area contributed by atoms with Crippen molar-refractivity contribution >= 4 is 54.6 Å². The van der Waals surface area contributed by atoms with Gasteiger partial charge in [-0.05, 0) is 36.6 Å². The number of hydrogen-bond acceptors (Lipinski definition) is 4. The Balaban J connectivity index is 0.00000193. The summed E-state index contributed by atoms with van der Waals surface area (Å²) in [5, 5.41) is 6.67. The summed E-state index contributed by atoms with van der Waals surface area (Å²) in [7, 11) is -1.94. The van der Waals surface area contributed by atoms with Crippen LogP contribution in [0.15, 0.2) is 51.6 Å². The lowest BCUT2D eigenvalue weighted by Crippen LogP contribution is -2.32. The highest BCUT2D eigenvalue weighted by atomic mass is 35.5. The van der Waals surface area contributed by atoms with Crippen molar-refractivity contribution in [3.8, 4) is 0 Å². The number of benzene rings is 2. The van der Waals surface area contributed by atoms with Crippen molar-refractivity contribution < 1.29 is 12.8 Å². The Morgan fingerprint density at radius 1 is 1.17 bits per heavy atom. The molecule has 2 aliphatic heterocycles. The molecular weight excluding hydrogens is 443 g/mol. The smallest absolute Gasteiger partial charge is 0.208 e. The van der Waals surface area contributed by atoms with Crippen LogP contribution in [0.4, 0.5) is 4.39 Å². The second-order valence-corrected chi connectivity index (χ2v) is 10.8. The number of aryl methyl sites for hydroxylation is 1. The van der Waals surface area contributed by atoms with Crippen molar-refractivity contribution in [1.82, 2.24) is 9.88 Å². The molecule has 8 heteroatoms. The van der Waals surface area contributed by atoms with Gasteiger partial charge in [-0.1, -0.05) is 18.2 Å². The van der Waals surface area contributed by atoms with E-state index < -0.39 is 15.7 Å². The van der Waals surface area contributed by atoms with E-state index in [-0.39, 0.29) is 28.2 Å². The first-order valence-electron chi connectivity index (χ1n) is 9.73. The number of hydrogen-bond donors (Lipinski definition) is 1. The van der Waals surface area contributed by atoms with Crippen LogP contribution in [0.5, 0.6) is 0 Å². The molecule has 1 N–H and O–H groups in total. The van der Waals surface area contributed by atoms with Crippen LogP contribution in [-0.4, -0.2) is 19.0 Å². The molecule has 1 saturated heterocycles. The molecule has 4 nitrogen and oxygen atoms in total. The zero-order valence-electron chi connectivity index (χ0n) is 16.2. The topological polar surface area (TPSA) is 51.1 Å². The van der Waals surface area contributed by atoms with Gasteiger partial charge in [-0.15, -0.1) is 23.7 Å². The minimum atomic E-state index is -3.83. The first kappa shape index (κ1) is 20.0. The summed E-state index contributed by atoms with van der Waals surface area (Å²) in [6, 6.07) is 10.9. The highest BCUT2D eigenvalue weighted by Gasteiger charge is 2.37. The first-order chi connectivity index (χ1) is 13.9. The average Bonchev–Trinajstić information content (AvgIpc) is 3.38. The Hall–Kier alpha value is -1.93. The highest BCUT2D eigenvalue weighted by molar-refractivity contribution is 7.92. The van der Waals surface area contributed by atoms with E-state index in [9.17, 15) is 8.42 Å². The molecule has 2 bridgehead atoms. The van der Waals surface area contributed by atoms with Crippen molar-refractivity contribution in [2.75, 3.05) is 0 Å². The van der Waals surface area contributed by atoms with Crippen LogP contribution < -0.4 is 5.32 Å². The largest absolute Gasteiger partial charge is 0.345 e. The van der Waals surface area contributed by atoms with Gasteiger partial charge < -0.3 is 9.88 Å². The van der Waals surface area contributed by atoms with E-state index in [1.54, 1.807) is 17.5 Å². The van der Waals surface area contributed by atoms with Crippen LogP contribution in [0.3, 0.4) is 0 Å². The first-order valence-corrected chi connectivity index (χ1v) is 12.1. The summed E-state index contributed by atoms with van der Waals surface area (Å²) in [4.78, 5) is 0.278. The fourth-order valence-corrected chi connectivity index (χ4v) is 7.90. The van der Waals surface area contributed by atoms with Gasteiger partial charge in [-0.3, -0.25) is 0 Å². The Kier molecular flexibility index (Phi) is 4.52. The molecule has 0 aliphatic carbocycles. The standard InChI is InChI=1S/C22H19FN2O2S2.ClH/c1-25-18-8-12-6-7-17(24-12)21(18)15-9-13(10-16(23)22(15)25)29(26,27)20-11-28-19-5-3-2-4-14(19)20;/h2-5,9-12,17,24H,6-8H2,1H3;1H. The maximum Gasteiger partial charge on any atom is 0.208 e. The van der Waals surface area contributed by atoms with Crippen LogP contribution in [0.25, 0.3) is 21.0 Å². The highest BCUT2D eigenvalue weighted by Crippen LogP contribution is 2.43. The third-order valence-corrected chi connectivity index (χ3v) is 9.34. The molecule has 0 spiro atoms. The van der Waals surface area contributed by atoms with Gasteiger partial charge in [0.15, 0.2) is 0 Å². The minimum absolute atomic E-state index is 0. The van der Waals surface area contributed by atoms with Gasteiger partial charge in [-0.25, -0.2) is 12.8 Å². The number of thiophene rings is 1. The van der Waals surface area contributed by atoms with Gasteiger partial charge in [-0.2, -0.15) is 0 Å². The number of nitrogens with one attached hydrogen (secondary N) is 1. The third-order valence-electron chi connectivity index (χ3n) is 6.45. The average molecular weight is 463 g/mol. The van der Waals surface area contributed by atoms with Crippen molar-refractivity contribution in [2.24, 2.45) is 7.05 Å². The number of halogens is 2. The monoisotopic (exact) mass is 462 g/mol. The summed E-state index contributed by atoms with van der Waals surface area (Å²) in [6.07, 6.45) is 2.96. The summed E-state index contributed by atoms with van der Waals surface area (Å²) in [5.74, 6) is -0.478. The molecule has 2 aliphatic rings. The maximum absolute atomic E-state index is 15.2. The van der Waals surface area contributed by atoms with Crippen LogP contribution in [-0.2, 0) is 23.3 Å². The van der Waals surface area contributed by atoms with E-state index in [0.29, 0.717) is 16.9 Å². The summed E-state index contributed by atoms with van der Waals surface area (Å²) in [5.41, 5.74) is 2.70. The molecule has 2 atom stereocenters. The summed E-state index contributed by atoms with van der Waals surface area (Å²) in [6.45, 7) is 0. The molecule has 30 heavy (non-hydrogen) atoms. The number of rotatable bonds is 2. The predicted molar refractivity (Wildman–Crippen MR) is 120 cm³/mol. The van der Waals surface area contributed by atoms with Gasteiger partial charge >= 0.3 is 0 Å². The lowest BCUT2D eigenvalue weighted by atomic mass is 9.99. The Morgan fingerprint density at radius 3 is 2.80 bits per heavy atom. The van der Waals surface area contributed by atoms with E-state index in [2.05, 4.69) is 5.32 Å². The molecule has 2 aromatic carbocycles. The molecule has 6 rings (SSSR count). The molecule has 0 amide bonds. The maximum atomic E-state index is 15.2. The quantitative estimate of drug-likeness (QED) is 0.449. The number of nitrogens with zero attached hydrogens (tertiary/aromatic N) is 1. The van der Waals surface area contributed by atoms with Crippen LogP contribution >= 0.6 is 23.7 Å². The van der Waals surface area contributed by atoms with E-state index in [0.717, 1.165) is 40.6 Å². The predicted octanol–water partition coefficient (Wildman–Crippen LogP) is 5.14. The van der Waals surface area contributed by atoms with Crippen molar-refractivity contribution in [1.29, 1.82) is 0 Å². The summed E-state index contributed by atoms with van der Waals surface area (Å²) < 4.78 is 45.0. The fourth-order valence-electron chi connectivity index (χ4n) is 5.11. The molecular formula is C22H20ClFN2O2S2. The molecule has 1 fully saturated rings. The van der Waals surface area contributed by atoms with Crippen molar-refractivity contribution in [3.63, 3.8) is 0 Å². The Morgan fingerprint density at radius 2 is 1.97 bits per heavy atom. The van der Waals surface area contributed by atoms with Crippen LogP contribution in [0.2, 0.25) is 0 Å². The van der Waals surface area contributed by atoms with E-state index >= 15 is 4.39 Å². The number of fused-ring (bicyclic) bond motifs is 7. The zero-order chi connectivity index (χ0) is 19.9. The molecule has 4 aromatic rings. The molecule has 0 saturated carbocycles. The van der Waals surface area contributed by atoms with Crippen LogP contribution in [0, 0.1) is 5.82 Å². The summed E-state index contributed by atoms with van der Waals surface area (Å²) >= 11 is 1.39. The molecule has 0 radical (unpaired) electrons. The van der Waals surface area contributed by atoms with Gasteiger partial charge in [0.1, 0.15) is 5.82 Å². The Labute approximate surface area is 184 Å². The van der Waals surface area contributed by atoms with Gasteiger partial charge in [0.2, 0.25) is 9.84 Å². The van der Waals surface area contributed by atoms with E-state index in [4.69, 9.17) is 0 Å². The normalized spacial score (nSPS) is 20.5. The van der Waals surface area contributed by atoms with Gasteiger partial charge in [0.25, 0.3) is 0 Å². The van der Waals surface area contributed by atoms with Gasteiger partial charge in [0.05, 0.1) is 15.3 Å².